The first-order chi connectivity index (χ1) is 8.36. The molecule has 1 heterocycles. The summed E-state index contributed by atoms with van der Waals surface area (Å²) in [5.74, 6) is 0.308. The quantitative estimate of drug-likeness (QED) is 0.692. The van der Waals surface area contributed by atoms with Crippen molar-refractivity contribution in [1.82, 2.24) is 4.90 Å². The second kappa shape index (κ2) is 5.08. The molecule has 18 heavy (non-hydrogen) atoms. The Labute approximate surface area is 106 Å². The van der Waals surface area contributed by atoms with Gasteiger partial charge in [0.25, 0.3) is 0 Å². The first kappa shape index (κ1) is 13.7. The molecule has 0 radical (unpaired) electrons. The monoisotopic (exact) mass is 259 g/mol. The molecule has 102 valence electrons. The third kappa shape index (κ3) is 3.16. The highest BCUT2D eigenvalue weighted by Crippen LogP contribution is 2.38. The fraction of sp³-hybridized carbons (Fsp3) is 0.714. The number of allylic oxidation sites excluding steroid dienone is 4. The Balaban J connectivity index is 2.14. The van der Waals surface area contributed by atoms with E-state index in [-0.39, 0.29) is 17.9 Å². The molecule has 0 bridgehead atoms. The van der Waals surface area contributed by atoms with E-state index in [4.69, 9.17) is 0 Å². The van der Waals surface area contributed by atoms with Gasteiger partial charge in [-0.15, -0.1) is 0 Å². The lowest BCUT2D eigenvalue weighted by molar-refractivity contribution is -0.0951. The largest absolute Gasteiger partial charge is 0.412 e. The van der Waals surface area contributed by atoms with E-state index in [9.17, 15) is 13.2 Å². The molecule has 0 saturated carbocycles. The Kier molecular flexibility index (Phi) is 3.85. The number of hydrogen-bond acceptors (Lipinski definition) is 1. The van der Waals surface area contributed by atoms with E-state index in [1.165, 1.54) is 6.08 Å². The summed E-state index contributed by atoms with van der Waals surface area (Å²) < 4.78 is 38.4. The Morgan fingerprint density at radius 2 is 1.83 bits per heavy atom. The summed E-state index contributed by atoms with van der Waals surface area (Å²) in [5.41, 5.74) is 0.556. The second-order valence-electron chi connectivity index (χ2n) is 5.59. The molecule has 1 fully saturated rings. The number of hydrogen-bond donors (Lipinski definition) is 0. The van der Waals surface area contributed by atoms with Gasteiger partial charge in [0.15, 0.2) is 0 Å². The third-order valence-electron chi connectivity index (χ3n) is 3.91. The molecular formula is C14H20F3N. The molecule has 0 aromatic heterocycles. The van der Waals surface area contributed by atoms with Crippen molar-refractivity contribution in [3.05, 3.63) is 23.3 Å². The van der Waals surface area contributed by atoms with E-state index in [2.05, 4.69) is 11.9 Å². The van der Waals surface area contributed by atoms with Gasteiger partial charge in [-0.3, -0.25) is 0 Å². The molecule has 0 aromatic rings. The van der Waals surface area contributed by atoms with Gasteiger partial charge in [0, 0.05) is 5.57 Å². The zero-order valence-electron chi connectivity index (χ0n) is 10.9. The van der Waals surface area contributed by atoms with E-state index >= 15 is 0 Å². The van der Waals surface area contributed by atoms with Crippen LogP contribution in [0.5, 0.6) is 0 Å². The minimum absolute atomic E-state index is 0.00119. The van der Waals surface area contributed by atoms with Crippen molar-refractivity contribution in [2.75, 3.05) is 20.1 Å². The van der Waals surface area contributed by atoms with Crippen LogP contribution in [0.25, 0.3) is 0 Å². The molecule has 2 aliphatic rings. The van der Waals surface area contributed by atoms with Crippen molar-refractivity contribution in [3.63, 3.8) is 0 Å². The first-order valence-corrected chi connectivity index (χ1v) is 6.54. The van der Waals surface area contributed by atoms with Gasteiger partial charge in [-0.25, -0.2) is 0 Å². The Morgan fingerprint density at radius 3 is 2.39 bits per heavy atom. The van der Waals surface area contributed by atoms with Gasteiger partial charge in [-0.1, -0.05) is 19.1 Å². The Bertz CT molecular complexity index is 360. The smallest absolute Gasteiger partial charge is 0.306 e. The summed E-state index contributed by atoms with van der Waals surface area (Å²) in [7, 11) is 2.06. The van der Waals surface area contributed by atoms with Gasteiger partial charge < -0.3 is 4.90 Å². The average Bonchev–Trinajstić information content (AvgIpc) is 2.28. The Hall–Kier alpha value is -0.770. The van der Waals surface area contributed by atoms with Gasteiger partial charge >= 0.3 is 6.18 Å². The molecule has 1 atom stereocenters. The van der Waals surface area contributed by atoms with E-state index in [0.29, 0.717) is 5.92 Å². The van der Waals surface area contributed by atoms with Crippen LogP contribution < -0.4 is 0 Å². The fourth-order valence-corrected chi connectivity index (χ4v) is 2.84. The van der Waals surface area contributed by atoms with Crippen LogP contribution in [0.2, 0.25) is 0 Å². The van der Waals surface area contributed by atoms with Crippen LogP contribution in [-0.2, 0) is 0 Å². The molecule has 1 aliphatic carbocycles. The SMILES string of the molecule is CC1C=C(C2CCN(C)CC2)C=C(C(F)(F)F)C1. The topological polar surface area (TPSA) is 3.24 Å². The van der Waals surface area contributed by atoms with Crippen molar-refractivity contribution >= 4 is 0 Å². The van der Waals surface area contributed by atoms with E-state index in [1.807, 2.05) is 13.0 Å². The molecule has 4 heteroatoms. The summed E-state index contributed by atoms with van der Waals surface area (Å²) in [4.78, 5) is 2.23. The minimum Gasteiger partial charge on any atom is -0.306 e. The molecule has 1 aliphatic heterocycles. The van der Waals surface area contributed by atoms with Gasteiger partial charge in [-0.05, 0) is 56.8 Å². The molecule has 0 aromatic carbocycles. The van der Waals surface area contributed by atoms with E-state index in [0.717, 1.165) is 31.5 Å². The highest BCUT2D eigenvalue weighted by Gasteiger charge is 2.36. The van der Waals surface area contributed by atoms with E-state index in [1.54, 1.807) is 0 Å². The normalized spacial score (nSPS) is 27.9. The maximum Gasteiger partial charge on any atom is 0.412 e. The summed E-state index contributed by atoms with van der Waals surface area (Å²) >= 11 is 0. The fourth-order valence-electron chi connectivity index (χ4n) is 2.84. The number of piperidine rings is 1. The van der Waals surface area contributed by atoms with Gasteiger partial charge in [-0.2, -0.15) is 13.2 Å². The van der Waals surface area contributed by atoms with Crippen LogP contribution >= 0.6 is 0 Å². The first-order valence-electron chi connectivity index (χ1n) is 6.54. The van der Waals surface area contributed by atoms with Gasteiger partial charge in [0.2, 0.25) is 0 Å². The highest BCUT2D eigenvalue weighted by atomic mass is 19.4. The summed E-state index contributed by atoms with van der Waals surface area (Å²) in [5, 5.41) is 0. The zero-order valence-corrected chi connectivity index (χ0v) is 10.9. The lowest BCUT2D eigenvalue weighted by atomic mass is 9.81. The zero-order chi connectivity index (χ0) is 13.3. The third-order valence-corrected chi connectivity index (χ3v) is 3.91. The van der Waals surface area contributed by atoms with Crippen molar-refractivity contribution in [3.8, 4) is 0 Å². The second-order valence-corrected chi connectivity index (χ2v) is 5.59. The van der Waals surface area contributed by atoms with Gasteiger partial charge in [0.1, 0.15) is 0 Å². The summed E-state index contributed by atoms with van der Waals surface area (Å²) in [6, 6.07) is 0. The van der Waals surface area contributed by atoms with Crippen LogP contribution in [0.1, 0.15) is 26.2 Å². The molecule has 1 unspecified atom stereocenters. The van der Waals surface area contributed by atoms with Gasteiger partial charge in [0.05, 0.1) is 0 Å². The predicted molar refractivity (Wildman–Crippen MR) is 66.2 cm³/mol. The van der Waals surface area contributed by atoms with E-state index < -0.39 is 6.18 Å². The summed E-state index contributed by atoms with van der Waals surface area (Å²) in [6.45, 7) is 3.82. The lowest BCUT2D eigenvalue weighted by Crippen LogP contribution is -2.31. The minimum atomic E-state index is -4.17. The lowest BCUT2D eigenvalue weighted by Gasteiger charge is -2.32. The Morgan fingerprint density at radius 1 is 1.22 bits per heavy atom. The molecular weight excluding hydrogens is 239 g/mol. The number of halogens is 3. The maximum atomic E-state index is 12.8. The molecule has 1 saturated heterocycles. The molecule has 0 N–H and O–H groups in total. The number of likely N-dealkylation sites (tertiary alicyclic amines) is 1. The summed E-state index contributed by atoms with van der Waals surface area (Å²) in [6.07, 6.45) is 1.33. The number of rotatable bonds is 1. The van der Waals surface area contributed by atoms with Crippen molar-refractivity contribution in [2.24, 2.45) is 11.8 Å². The van der Waals surface area contributed by atoms with Crippen LogP contribution in [0.3, 0.4) is 0 Å². The molecule has 1 nitrogen and oxygen atoms in total. The van der Waals surface area contributed by atoms with Crippen molar-refractivity contribution in [1.29, 1.82) is 0 Å². The van der Waals surface area contributed by atoms with Crippen LogP contribution in [-0.4, -0.2) is 31.2 Å². The molecule has 2 rings (SSSR count). The number of alkyl halides is 3. The number of nitrogens with zero attached hydrogens (tertiary/aromatic N) is 1. The maximum absolute atomic E-state index is 12.8. The standard InChI is InChI=1S/C14H20F3N/c1-10-7-12(9-13(8-10)14(15,16)17)11-3-5-18(2)6-4-11/h7,9-11H,3-6,8H2,1-2H3. The predicted octanol–water partition coefficient (Wildman–Crippen LogP) is 3.78. The van der Waals surface area contributed by atoms with Crippen LogP contribution in [0, 0.1) is 11.8 Å². The van der Waals surface area contributed by atoms with Crippen molar-refractivity contribution in [2.45, 2.75) is 32.4 Å². The molecule has 0 spiro atoms. The molecule has 0 amide bonds. The van der Waals surface area contributed by atoms with Crippen molar-refractivity contribution < 1.29 is 13.2 Å². The highest BCUT2D eigenvalue weighted by molar-refractivity contribution is 5.33. The van der Waals surface area contributed by atoms with Crippen LogP contribution in [0.15, 0.2) is 23.3 Å². The average molecular weight is 259 g/mol. The van der Waals surface area contributed by atoms with Crippen LogP contribution in [0.4, 0.5) is 13.2 Å².